The van der Waals surface area contributed by atoms with Crippen molar-refractivity contribution in [2.24, 2.45) is 10.9 Å². The van der Waals surface area contributed by atoms with E-state index in [1.165, 1.54) is 12.8 Å². The number of nitrogens with one attached hydrogen (secondary N) is 1. The summed E-state index contributed by atoms with van der Waals surface area (Å²) in [5.74, 6) is 1.54. The van der Waals surface area contributed by atoms with Crippen LogP contribution in [0.25, 0.3) is 0 Å². The minimum atomic E-state index is 0.545. The molecule has 1 fully saturated rings. The van der Waals surface area contributed by atoms with Crippen LogP contribution in [0.5, 0.6) is 0 Å². The molecule has 2 atom stereocenters. The van der Waals surface area contributed by atoms with Gasteiger partial charge in [0, 0.05) is 18.5 Å². The van der Waals surface area contributed by atoms with Crippen LogP contribution in [0, 0.1) is 5.92 Å². The molecule has 0 aromatic rings. The van der Waals surface area contributed by atoms with E-state index in [1.807, 2.05) is 0 Å². The second kappa shape index (κ2) is 3.44. The van der Waals surface area contributed by atoms with Crippen LogP contribution in [-0.4, -0.2) is 31.6 Å². The van der Waals surface area contributed by atoms with E-state index in [4.69, 9.17) is 4.74 Å². The summed E-state index contributed by atoms with van der Waals surface area (Å²) in [5, 5.41) is 3.45. The van der Waals surface area contributed by atoms with Crippen LogP contribution in [0.15, 0.2) is 4.99 Å². The third kappa shape index (κ3) is 1.61. The number of hydrogen-bond donors (Lipinski definition) is 1. The van der Waals surface area contributed by atoms with Crippen molar-refractivity contribution < 1.29 is 4.74 Å². The van der Waals surface area contributed by atoms with Crippen LogP contribution in [-0.2, 0) is 4.74 Å². The summed E-state index contributed by atoms with van der Waals surface area (Å²) in [6.07, 6.45) is 2.47. The summed E-state index contributed by atoms with van der Waals surface area (Å²) in [4.78, 5) is 4.34. The molecule has 68 valence electrons. The highest BCUT2D eigenvalue weighted by molar-refractivity contribution is 5.80. The SMILES string of the molecule is CC1CCC(C2=NCCO2)CN1. The predicted octanol–water partition coefficient (Wildman–Crippen LogP) is 0.803. The van der Waals surface area contributed by atoms with Gasteiger partial charge in [-0.1, -0.05) is 0 Å². The summed E-state index contributed by atoms with van der Waals surface area (Å²) in [5.41, 5.74) is 0. The number of ether oxygens (including phenoxy) is 1. The molecule has 0 amide bonds. The first-order valence-electron chi connectivity index (χ1n) is 4.77. The molecule has 1 saturated heterocycles. The molecule has 12 heavy (non-hydrogen) atoms. The first-order valence-corrected chi connectivity index (χ1v) is 4.77. The van der Waals surface area contributed by atoms with Gasteiger partial charge in [0.05, 0.1) is 6.54 Å². The van der Waals surface area contributed by atoms with Crippen molar-refractivity contribution in [3.63, 3.8) is 0 Å². The Bertz CT molecular complexity index is 183. The van der Waals surface area contributed by atoms with Crippen molar-refractivity contribution in [2.75, 3.05) is 19.7 Å². The lowest BCUT2D eigenvalue weighted by molar-refractivity contribution is 0.291. The zero-order chi connectivity index (χ0) is 8.39. The molecule has 2 aliphatic rings. The molecule has 2 unspecified atom stereocenters. The number of rotatable bonds is 1. The van der Waals surface area contributed by atoms with Crippen molar-refractivity contribution in [1.29, 1.82) is 0 Å². The summed E-state index contributed by atoms with van der Waals surface area (Å²) >= 11 is 0. The van der Waals surface area contributed by atoms with Gasteiger partial charge in [-0.15, -0.1) is 0 Å². The summed E-state index contributed by atoms with van der Waals surface area (Å²) < 4.78 is 5.44. The lowest BCUT2D eigenvalue weighted by Crippen LogP contribution is -2.40. The normalized spacial score (nSPS) is 35.9. The van der Waals surface area contributed by atoms with E-state index in [9.17, 15) is 0 Å². The molecule has 2 rings (SSSR count). The first-order chi connectivity index (χ1) is 5.86. The second-order valence-electron chi connectivity index (χ2n) is 3.65. The molecule has 0 radical (unpaired) electrons. The van der Waals surface area contributed by atoms with Crippen LogP contribution < -0.4 is 5.32 Å². The van der Waals surface area contributed by atoms with Crippen LogP contribution >= 0.6 is 0 Å². The Hall–Kier alpha value is -0.570. The molecular formula is C9H16N2O. The molecule has 0 aromatic heterocycles. The van der Waals surface area contributed by atoms with Gasteiger partial charge in [0.15, 0.2) is 5.90 Å². The second-order valence-corrected chi connectivity index (χ2v) is 3.65. The van der Waals surface area contributed by atoms with Crippen molar-refractivity contribution in [1.82, 2.24) is 5.32 Å². The predicted molar refractivity (Wildman–Crippen MR) is 48.4 cm³/mol. The van der Waals surface area contributed by atoms with Gasteiger partial charge in [-0.25, -0.2) is 0 Å². The van der Waals surface area contributed by atoms with E-state index >= 15 is 0 Å². The quantitative estimate of drug-likeness (QED) is 0.628. The number of hydrogen-bond acceptors (Lipinski definition) is 3. The van der Waals surface area contributed by atoms with Crippen molar-refractivity contribution in [3.8, 4) is 0 Å². The number of piperidine rings is 1. The maximum atomic E-state index is 5.44. The Morgan fingerprint density at radius 1 is 1.50 bits per heavy atom. The van der Waals surface area contributed by atoms with Gasteiger partial charge >= 0.3 is 0 Å². The minimum absolute atomic E-state index is 0.545. The van der Waals surface area contributed by atoms with E-state index in [0.717, 1.165) is 25.6 Å². The molecule has 3 nitrogen and oxygen atoms in total. The average molecular weight is 168 g/mol. The van der Waals surface area contributed by atoms with Gasteiger partial charge in [0.1, 0.15) is 6.61 Å². The van der Waals surface area contributed by atoms with Crippen molar-refractivity contribution in [2.45, 2.75) is 25.8 Å². The van der Waals surface area contributed by atoms with Crippen molar-refractivity contribution in [3.05, 3.63) is 0 Å². The number of aliphatic imine (C=N–C) groups is 1. The van der Waals surface area contributed by atoms with Gasteiger partial charge in [0.25, 0.3) is 0 Å². The molecular weight excluding hydrogens is 152 g/mol. The van der Waals surface area contributed by atoms with Gasteiger partial charge < -0.3 is 10.1 Å². The van der Waals surface area contributed by atoms with Crippen LogP contribution in [0.2, 0.25) is 0 Å². The maximum absolute atomic E-state index is 5.44. The molecule has 2 aliphatic heterocycles. The van der Waals surface area contributed by atoms with E-state index < -0.39 is 0 Å². The Balaban J connectivity index is 1.88. The molecule has 0 aliphatic carbocycles. The fourth-order valence-electron chi connectivity index (χ4n) is 1.81. The minimum Gasteiger partial charge on any atom is -0.479 e. The lowest BCUT2D eigenvalue weighted by atomic mass is 9.95. The van der Waals surface area contributed by atoms with E-state index in [0.29, 0.717) is 12.0 Å². The van der Waals surface area contributed by atoms with Crippen LogP contribution in [0.1, 0.15) is 19.8 Å². The smallest absolute Gasteiger partial charge is 0.187 e. The number of nitrogens with zero attached hydrogens (tertiary/aromatic N) is 1. The fraction of sp³-hybridized carbons (Fsp3) is 0.889. The molecule has 0 bridgehead atoms. The van der Waals surface area contributed by atoms with Crippen molar-refractivity contribution >= 4 is 5.90 Å². The molecule has 1 N–H and O–H groups in total. The largest absolute Gasteiger partial charge is 0.479 e. The average Bonchev–Trinajstić information content (AvgIpc) is 2.58. The summed E-state index contributed by atoms with van der Waals surface area (Å²) in [7, 11) is 0. The zero-order valence-corrected chi connectivity index (χ0v) is 7.55. The Morgan fingerprint density at radius 2 is 2.42 bits per heavy atom. The lowest BCUT2D eigenvalue weighted by Gasteiger charge is -2.26. The molecule has 0 spiro atoms. The molecule has 0 aromatic carbocycles. The van der Waals surface area contributed by atoms with Gasteiger partial charge in [0.2, 0.25) is 0 Å². The third-order valence-electron chi connectivity index (χ3n) is 2.62. The standard InChI is InChI=1S/C9H16N2O/c1-7-2-3-8(6-11-7)9-10-4-5-12-9/h7-8,11H,2-6H2,1H3. The molecule has 3 heteroatoms. The maximum Gasteiger partial charge on any atom is 0.187 e. The van der Waals surface area contributed by atoms with Gasteiger partial charge in [-0.05, 0) is 19.8 Å². The highest BCUT2D eigenvalue weighted by atomic mass is 16.5. The topological polar surface area (TPSA) is 33.6 Å². The van der Waals surface area contributed by atoms with Gasteiger partial charge in [-0.2, -0.15) is 0 Å². The van der Waals surface area contributed by atoms with E-state index in [1.54, 1.807) is 0 Å². The third-order valence-corrected chi connectivity index (χ3v) is 2.62. The highest BCUT2D eigenvalue weighted by Crippen LogP contribution is 2.18. The van der Waals surface area contributed by atoms with Gasteiger partial charge in [-0.3, -0.25) is 4.99 Å². The Morgan fingerprint density at radius 3 is 3.00 bits per heavy atom. The van der Waals surface area contributed by atoms with Crippen LogP contribution in [0.3, 0.4) is 0 Å². The monoisotopic (exact) mass is 168 g/mol. The highest BCUT2D eigenvalue weighted by Gasteiger charge is 2.24. The fourth-order valence-corrected chi connectivity index (χ4v) is 1.81. The van der Waals surface area contributed by atoms with Crippen LogP contribution in [0.4, 0.5) is 0 Å². The first kappa shape index (κ1) is 8.05. The Kier molecular flexibility index (Phi) is 2.30. The van der Waals surface area contributed by atoms with E-state index in [-0.39, 0.29) is 0 Å². The summed E-state index contributed by atoms with van der Waals surface area (Å²) in [6, 6.07) is 0.670. The molecule has 2 heterocycles. The summed E-state index contributed by atoms with van der Waals surface area (Å²) in [6.45, 7) is 4.93. The zero-order valence-electron chi connectivity index (χ0n) is 7.55. The Labute approximate surface area is 73.2 Å². The van der Waals surface area contributed by atoms with E-state index in [2.05, 4.69) is 17.2 Å². The molecule has 0 saturated carbocycles.